The number of hydrogen-bond donors (Lipinski definition) is 1. The summed E-state index contributed by atoms with van der Waals surface area (Å²) in [4.78, 5) is 39.9. The fourth-order valence-corrected chi connectivity index (χ4v) is 4.40. The predicted octanol–water partition coefficient (Wildman–Crippen LogP) is 0.828. The Morgan fingerprint density at radius 1 is 1.14 bits per heavy atom. The van der Waals surface area contributed by atoms with Crippen LogP contribution in [0.25, 0.3) is 11.2 Å². The number of rotatable bonds is 5. The fraction of sp³-hybridized carbons (Fsp3) is 0.440. The Balaban J connectivity index is 1.54. The van der Waals surface area contributed by atoms with Crippen LogP contribution in [0.15, 0.2) is 29.1 Å². The standard InChI is InChI=1S/C25H29N7O4/c1-3-4-11-32-20-21(27-24(32)31-12-9-26-10-13-31)28-25(29(2)23(20)34)36-19-8-6-5-7-18(19)22(33)30-14-16-35-17-15-30/h5-8,26H,9-17H2,1-2H3. The van der Waals surface area contributed by atoms with Crippen molar-refractivity contribution >= 4 is 23.0 Å². The van der Waals surface area contributed by atoms with Crippen LogP contribution in [0.4, 0.5) is 5.95 Å². The summed E-state index contributed by atoms with van der Waals surface area (Å²) in [5.74, 6) is 6.79. The van der Waals surface area contributed by atoms with E-state index >= 15 is 0 Å². The molecule has 0 aliphatic carbocycles. The maximum atomic E-state index is 13.5. The van der Waals surface area contributed by atoms with E-state index in [2.05, 4.69) is 27.0 Å². The molecule has 11 heteroatoms. The summed E-state index contributed by atoms with van der Waals surface area (Å²) in [5.41, 5.74) is 0.771. The number of piperazine rings is 1. The second-order valence-electron chi connectivity index (χ2n) is 8.60. The summed E-state index contributed by atoms with van der Waals surface area (Å²) < 4.78 is 14.6. The lowest BCUT2D eigenvalue weighted by molar-refractivity contribution is 0.0301. The van der Waals surface area contributed by atoms with Crippen molar-refractivity contribution in [1.29, 1.82) is 0 Å². The van der Waals surface area contributed by atoms with Gasteiger partial charge in [0.1, 0.15) is 5.75 Å². The molecule has 1 amide bonds. The number of para-hydroxylation sites is 1. The maximum absolute atomic E-state index is 13.5. The normalized spacial score (nSPS) is 16.1. The van der Waals surface area contributed by atoms with Gasteiger partial charge in [-0.05, 0) is 19.1 Å². The third-order valence-corrected chi connectivity index (χ3v) is 6.36. The molecule has 188 valence electrons. The summed E-state index contributed by atoms with van der Waals surface area (Å²) >= 11 is 0. The van der Waals surface area contributed by atoms with Crippen LogP contribution in [-0.2, 0) is 18.3 Å². The zero-order valence-corrected chi connectivity index (χ0v) is 20.5. The van der Waals surface area contributed by atoms with Gasteiger partial charge in [0, 0.05) is 46.3 Å². The Hall–Kier alpha value is -3.88. The lowest BCUT2D eigenvalue weighted by atomic mass is 10.1. The molecule has 0 atom stereocenters. The average Bonchev–Trinajstić information content (AvgIpc) is 3.29. The highest BCUT2D eigenvalue weighted by molar-refractivity contribution is 5.97. The van der Waals surface area contributed by atoms with E-state index in [1.165, 1.54) is 4.57 Å². The van der Waals surface area contributed by atoms with E-state index in [0.717, 1.165) is 26.2 Å². The minimum atomic E-state index is -0.293. The number of ether oxygens (including phenoxy) is 2. The number of benzene rings is 1. The highest BCUT2D eigenvalue weighted by Crippen LogP contribution is 2.27. The number of amides is 1. The molecular formula is C25H29N7O4. The molecular weight excluding hydrogens is 462 g/mol. The van der Waals surface area contributed by atoms with Crippen molar-refractivity contribution in [2.24, 2.45) is 7.05 Å². The van der Waals surface area contributed by atoms with E-state index in [9.17, 15) is 9.59 Å². The maximum Gasteiger partial charge on any atom is 0.306 e. The van der Waals surface area contributed by atoms with Crippen molar-refractivity contribution in [3.05, 3.63) is 40.2 Å². The van der Waals surface area contributed by atoms with Gasteiger partial charge in [0.05, 0.1) is 25.3 Å². The number of morpholine rings is 1. The molecule has 0 spiro atoms. The molecule has 2 aliphatic rings. The van der Waals surface area contributed by atoms with Crippen LogP contribution in [-0.4, -0.2) is 82.4 Å². The molecule has 2 aromatic heterocycles. The van der Waals surface area contributed by atoms with Crippen LogP contribution in [0.3, 0.4) is 0 Å². The molecule has 0 unspecified atom stereocenters. The summed E-state index contributed by atoms with van der Waals surface area (Å²) in [6.07, 6.45) is 0. The van der Waals surface area contributed by atoms with E-state index in [1.54, 1.807) is 43.1 Å². The quantitative estimate of drug-likeness (QED) is 0.523. The molecule has 0 radical (unpaired) electrons. The summed E-state index contributed by atoms with van der Waals surface area (Å²) in [7, 11) is 1.60. The van der Waals surface area contributed by atoms with Crippen molar-refractivity contribution in [3.8, 4) is 23.6 Å². The molecule has 2 aliphatic heterocycles. The van der Waals surface area contributed by atoms with E-state index in [0.29, 0.717) is 55.6 Å². The largest absolute Gasteiger partial charge is 0.425 e. The third-order valence-electron chi connectivity index (χ3n) is 6.36. The van der Waals surface area contributed by atoms with Crippen LogP contribution in [0.5, 0.6) is 11.8 Å². The Morgan fingerprint density at radius 2 is 1.89 bits per heavy atom. The first-order chi connectivity index (χ1) is 17.6. The van der Waals surface area contributed by atoms with E-state index in [-0.39, 0.29) is 23.1 Å². The molecule has 5 rings (SSSR count). The summed E-state index contributed by atoms with van der Waals surface area (Å²) in [6.45, 7) is 7.33. The molecule has 36 heavy (non-hydrogen) atoms. The smallest absolute Gasteiger partial charge is 0.306 e. The molecule has 4 heterocycles. The fourth-order valence-electron chi connectivity index (χ4n) is 4.40. The Kier molecular flexibility index (Phi) is 6.88. The van der Waals surface area contributed by atoms with Crippen molar-refractivity contribution in [2.75, 3.05) is 57.4 Å². The number of carbonyl (C=O) groups is 1. The van der Waals surface area contributed by atoms with E-state index in [4.69, 9.17) is 14.5 Å². The highest BCUT2D eigenvalue weighted by atomic mass is 16.5. The van der Waals surface area contributed by atoms with Gasteiger partial charge < -0.3 is 24.6 Å². The van der Waals surface area contributed by atoms with Crippen LogP contribution in [0, 0.1) is 11.8 Å². The number of imidazole rings is 1. The van der Waals surface area contributed by atoms with Gasteiger partial charge in [-0.3, -0.25) is 18.7 Å². The van der Waals surface area contributed by atoms with Crippen LogP contribution < -0.4 is 20.5 Å². The molecule has 1 N–H and O–H groups in total. The van der Waals surface area contributed by atoms with Crippen molar-refractivity contribution in [2.45, 2.75) is 13.5 Å². The van der Waals surface area contributed by atoms with E-state index in [1.807, 2.05) is 4.57 Å². The minimum Gasteiger partial charge on any atom is -0.425 e. The molecule has 0 saturated carbocycles. The van der Waals surface area contributed by atoms with Crippen molar-refractivity contribution < 1.29 is 14.3 Å². The molecule has 11 nitrogen and oxygen atoms in total. The van der Waals surface area contributed by atoms with Crippen LogP contribution >= 0.6 is 0 Å². The Labute approximate surface area is 208 Å². The number of hydrogen-bond acceptors (Lipinski definition) is 8. The van der Waals surface area contributed by atoms with Crippen molar-refractivity contribution in [1.82, 2.24) is 29.3 Å². The van der Waals surface area contributed by atoms with E-state index < -0.39 is 0 Å². The zero-order valence-electron chi connectivity index (χ0n) is 20.5. The average molecular weight is 492 g/mol. The lowest BCUT2D eigenvalue weighted by Crippen LogP contribution is -2.44. The van der Waals surface area contributed by atoms with Gasteiger partial charge in [-0.1, -0.05) is 18.1 Å². The second-order valence-corrected chi connectivity index (χ2v) is 8.60. The van der Waals surface area contributed by atoms with Gasteiger partial charge in [0.25, 0.3) is 11.5 Å². The predicted molar refractivity (Wildman–Crippen MR) is 135 cm³/mol. The summed E-state index contributed by atoms with van der Waals surface area (Å²) in [6, 6.07) is 7.04. The first kappa shape index (κ1) is 23.8. The third kappa shape index (κ3) is 4.53. The van der Waals surface area contributed by atoms with Crippen LogP contribution in [0.2, 0.25) is 0 Å². The molecule has 1 aromatic carbocycles. The first-order valence-corrected chi connectivity index (χ1v) is 12.0. The number of fused-ring (bicyclic) bond motifs is 1. The SMILES string of the molecule is CC#CCn1c(N2CCNCC2)nc2nc(Oc3ccccc3C(=O)N3CCOCC3)n(C)c(=O)c21. The van der Waals surface area contributed by atoms with Crippen LogP contribution in [0.1, 0.15) is 17.3 Å². The molecule has 3 aromatic rings. The van der Waals surface area contributed by atoms with Gasteiger partial charge in [-0.25, -0.2) is 0 Å². The summed E-state index contributed by atoms with van der Waals surface area (Å²) in [5, 5.41) is 3.33. The second kappa shape index (κ2) is 10.4. The number of carbonyl (C=O) groups excluding carboxylic acids is 1. The number of nitrogens with zero attached hydrogens (tertiary/aromatic N) is 6. The number of aromatic nitrogens is 4. The van der Waals surface area contributed by atoms with Crippen molar-refractivity contribution in [3.63, 3.8) is 0 Å². The first-order valence-electron chi connectivity index (χ1n) is 12.0. The van der Waals surface area contributed by atoms with Gasteiger partial charge in [-0.15, -0.1) is 5.92 Å². The molecule has 0 bridgehead atoms. The molecule has 2 fully saturated rings. The lowest BCUT2D eigenvalue weighted by Gasteiger charge is -2.28. The Bertz CT molecular complexity index is 1390. The minimum absolute atomic E-state index is 0.0628. The Morgan fingerprint density at radius 3 is 2.64 bits per heavy atom. The zero-order chi connectivity index (χ0) is 25.1. The van der Waals surface area contributed by atoms with Gasteiger partial charge in [0.15, 0.2) is 11.2 Å². The number of anilines is 1. The topological polar surface area (TPSA) is 107 Å². The van der Waals surface area contributed by atoms with Gasteiger partial charge in [-0.2, -0.15) is 9.97 Å². The highest BCUT2D eigenvalue weighted by Gasteiger charge is 2.25. The van der Waals surface area contributed by atoms with Gasteiger partial charge >= 0.3 is 6.01 Å². The monoisotopic (exact) mass is 491 g/mol. The molecule has 2 saturated heterocycles. The van der Waals surface area contributed by atoms with Gasteiger partial charge in [0.2, 0.25) is 5.95 Å². The number of nitrogens with one attached hydrogen (secondary N) is 1.